The molecule has 0 heterocycles. The van der Waals surface area contributed by atoms with Crippen LogP contribution in [0.15, 0.2) is 42.5 Å². The average molecular weight is 283 g/mol. The van der Waals surface area contributed by atoms with E-state index >= 15 is 0 Å². The molecule has 1 aliphatic carbocycles. The Kier molecular flexibility index (Phi) is 4.11. The second-order valence-electron chi connectivity index (χ2n) is 5.64. The van der Waals surface area contributed by atoms with Gasteiger partial charge in [-0.25, -0.2) is 0 Å². The molecule has 3 heteroatoms. The molecule has 0 aliphatic heterocycles. The van der Waals surface area contributed by atoms with Crippen LogP contribution in [0.4, 0.5) is 5.69 Å². The highest BCUT2D eigenvalue weighted by Gasteiger charge is 2.20. The van der Waals surface area contributed by atoms with Crippen molar-refractivity contribution in [2.75, 3.05) is 11.9 Å². The van der Waals surface area contributed by atoms with Crippen molar-refractivity contribution in [3.8, 4) is 5.75 Å². The number of rotatable bonds is 4. The third-order valence-electron chi connectivity index (χ3n) is 4.14. The van der Waals surface area contributed by atoms with Gasteiger partial charge in [-0.2, -0.15) is 0 Å². The predicted molar refractivity (Wildman–Crippen MR) is 84.6 cm³/mol. The van der Waals surface area contributed by atoms with Crippen LogP contribution in [0.25, 0.3) is 0 Å². The number of aliphatic hydroxyl groups is 1. The molecule has 1 unspecified atom stereocenters. The van der Waals surface area contributed by atoms with Crippen molar-refractivity contribution in [3.05, 3.63) is 59.2 Å². The van der Waals surface area contributed by atoms with Gasteiger partial charge in [0, 0.05) is 12.3 Å². The molecule has 0 amide bonds. The SMILES string of the molecule is OCCc1ccc(NC2CCCc3cc(O)ccc32)cc1. The summed E-state index contributed by atoms with van der Waals surface area (Å²) in [6.45, 7) is 0.187. The van der Waals surface area contributed by atoms with Crippen molar-refractivity contribution in [2.24, 2.45) is 0 Å². The smallest absolute Gasteiger partial charge is 0.115 e. The Balaban J connectivity index is 1.77. The zero-order valence-electron chi connectivity index (χ0n) is 12.0. The van der Waals surface area contributed by atoms with Crippen molar-refractivity contribution in [1.29, 1.82) is 0 Å². The van der Waals surface area contributed by atoms with Gasteiger partial charge in [0.1, 0.15) is 5.75 Å². The number of benzene rings is 2. The van der Waals surface area contributed by atoms with E-state index in [-0.39, 0.29) is 6.61 Å². The molecule has 1 aliphatic rings. The lowest BCUT2D eigenvalue weighted by atomic mass is 9.87. The Morgan fingerprint density at radius 1 is 1.10 bits per heavy atom. The molecule has 0 aromatic heterocycles. The fourth-order valence-corrected chi connectivity index (χ4v) is 3.05. The minimum Gasteiger partial charge on any atom is -0.508 e. The van der Waals surface area contributed by atoms with E-state index in [9.17, 15) is 5.11 Å². The Hall–Kier alpha value is -2.00. The summed E-state index contributed by atoms with van der Waals surface area (Å²) in [5.41, 5.74) is 4.79. The lowest BCUT2D eigenvalue weighted by molar-refractivity contribution is 0.299. The highest BCUT2D eigenvalue weighted by molar-refractivity contribution is 5.49. The lowest BCUT2D eigenvalue weighted by Crippen LogP contribution is -2.17. The zero-order chi connectivity index (χ0) is 14.7. The topological polar surface area (TPSA) is 52.5 Å². The number of hydrogen-bond acceptors (Lipinski definition) is 3. The number of phenolic OH excluding ortho intramolecular Hbond substituents is 1. The van der Waals surface area contributed by atoms with Crippen LogP contribution in [0.5, 0.6) is 5.75 Å². The molecule has 1 atom stereocenters. The summed E-state index contributed by atoms with van der Waals surface area (Å²) in [5.74, 6) is 0.350. The highest BCUT2D eigenvalue weighted by Crippen LogP contribution is 2.34. The summed E-state index contributed by atoms with van der Waals surface area (Å²) in [5, 5.41) is 22.1. The van der Waals surface area contributed by atoms with E-state index in [1.807, 2.05) is 12.1 Å². The van der Waals surface area contributed by atoms with E-state index in [4.69, 9.17) is 5.11 Å². The molecule has 0 saturated carbocycles. The van der Waals surface area contributed by atoms with E-state index in [1.54, 1.807) is 6.07 Å². The summed E-state index contributed by atoms with van der Waals surface area (Å²) >= 11 is 0. The fraction of sp³-hybridized carbons (Fsp3) is 0.333. The van der Waals surface area contributed by atoms with Gasteiger partial charge in [0.2, 0.25) is 0 Å². The Morgan fingerprint density at radius 3 is 2.67 bits per heavy atom. The molecule has 0 bridgehead atoms. The Morgan fingerprint density at radius 2 is 1.90 bits per heavy atom. The van der Waals surface area contributed by atoms with Crippen LogP contribution in [0.2, 0.25) is 0 Å². The number of aromatic hydroxyl groups is 1. The quantitative estimate of drug-likeness (QED) is 0.806. The van der Waals surface area contributed by atoms with E-state index in [0.29, 0.717) is 18.2 Å². The molecule has 0 radical (unpaired) electrons. The number of nitrogens with one attached hydrogen (secondary N) is 1. The first kappa shape index (κ1) is 14.0. The molecule has 3 rings (SSSR count). The zero-order valence-corrected chi connectivity index (χ0v) is 12.0. The third kappa shape index (κ3) is 3.19. The minimum atomic E-state index is 0.187. The molecule has 3 N–H and O–H groups in total. The van der Waals surface area contributed by atoms with E-state index in [1.165, 1.54) is 11.1 Å². The normalized spacial score (nSPS) is 17.3. The van der Waals surface area contributed by atoms with Gasteiger partial charge < -0.3 is 15.5 Å². The minimum absolute atomic E-state index is 0.187. The fourth-order valence-electron chi connectivity index (χ4n) is 3.05. The van der Waals surface area contributed by atoms with Gasteiger partial charge in [-0.3, -0.25) is 0 Å². The largest absolute Gasteiger partial charge is 0.508 e. The third-order valence-corrected chi connectivity index (χ3v) is 4.14. The summed E-state index contributed by atoms with van der Waals surface area (Å²) in [6, 6.07) is 14.2. The molecule has 2 aromatic rings. The first-order valence-electron chi connectivity index (χ1n) is 7.54. The van der Waals surface area contributed by atoms with Gasteiger partial charge in [0.15, 0.2) is 0 Å². The molecular weight excluding hydrogens is 262 g/mol. The van der Waals surface area contributed by atoms with Crippen LogP contribution in [0, 0.1) is 0 Å². The lowest BCUT2D eigenvalue weighted by Gasteiger charge is -2.27. The van der Waals surface area contributed by atoms with Crippen molar-refractivity contribution in [3.63, 3.8) is 0 Å². The number of aryl methyl sites for hydroxylation is 1. The first-order valence-corrected chi connectivity index (χ1v) is 7.54. The van der Waals surface area contributed by atoms with Crippen LogP contribution >= 0.6 is 0 Å². The highest BCUT2D eigenvalue weighted by atomic mass is 16.3. The summed E-state index contributed by atoms with van der Waals surface area (Å²) in [4.78, 5) is 0. The second kappa shape index (κ2) is 6.19. The molecule has 0 fully saturated rings. The summed E-state index contributed by atoms with van der Waals surface area (Å²) < 4.78 is 0. The number of phenols is 1. The molecule has 0 spiro atoms. The molecule has 0 saturated heterocycles. The summed E-state index contributed by atoms with van der Waals surface area (Å²) in [7, 11) is 0. The second-order valence-corrected chi connectivity index (χ2v) is 5.64. The molecule has 110 valence electrons. The van der Waals surface area contributed by atoms with Crippen molar-refractivity contribution in [1.82, 2.24) is 0 Å². The predicted octanol–water partition coefficient (Wildman–Crippen LogP) is 3.42. The van der Waals surface area contributed by atoms with Crippen LogP contribution in [0.3, 0.4) is 0 Å². The number of hydrogen-bond donors (Lipinski definition) is 3. The van der Waals surface area contributed by atoms with Crippen molar-refractivity contribution in [2.45, 2.75) is 31.7 Å². The van der Waals surface area contributed by atoms with Crippen LogP contribution in [0.1, 0.15) is 35.6 Å². The van der Waals surface area contributed by atoms with Gasteiger partial charge in [0.25, 0.3) is 0 Å². The first-order chi connectivity index (χ1) is 10.3. The van der Waals surface area contributed by atoms with Gasteiger partial charge >= 0.3 is 0 Å². The Bertz CT molecular complexity index is 607. The van der Waals surface area contributed by atoms with E-state index < -0.39 is 0 Å². The average Bonchev–Trinajstić information content (AvgIpc) is 2.49. The number of anilines is 1. The monoisotopic (exact) mass is 283 g/mol. The van der Waals surface area contributed by atoms with Crippen molar-refractivity contribution < 1.29 is 10.2 Å². The van der Waals surface area contributed by atoms with Crippen LogP contribution < -0.4 is 5.32 Å². The Labute approximate surface area is 125 Å². The maximum atomic E-state index is 9.60. The van der Waals surface area contributed by atoms with Crippen LogP contribution in [-0.2, 0) is 12.8 Å². The molecular formula is C18H21NO2. The number of aliphatic hydroxyl groups excluding tert-OH is 1. The molecule has 21 heavy (non-hydrogen) atoms. The van der Waals surface area contributed by atoms with Gasteiger partial charge in [-0.1, -0.05) is 18.2 Å². The molecule has 2 aromatic carbocycles. The van der Waals surface area contributed by atoms with Crippen molar-refractivity contribution >= 4 is 5.69 Å². The molecule has 3 nitrogen and oxygen atoms in total. The summed E-state index contributed by atoms with van der Waals surface area (Å²) in [6.07, 6.45) is 3.98. The maximum Gasteiger partial charge on any atom is 0.115 e. The standard InChI is InChI=1S/C18H21NO2/c20-11-10-13-4-6-15(7-5-13)19-18-3-1-2-14-12-16(21)8-9-17(14)18/h4-9,12,18-21H,1-3,10-11H2. The van der Waals surface area contributed by atoms with Gasteiger partial charge in [-0.05, 0) is 66.6 Å². The van der Waals surface area contributed by atoms with Gasteiger partial charge in [-0.15, -0.1) is 0 Å². The van der Waals surface area contributed by atoms with E-state index in [2.05, 4.69) is 29.6 Å². The maximum absolute atomic E-state index is 9.60. The van der Waals surface area contributed by atoms with Gasteiger partial charge in [0.05, 0.1) is 6.04 Å². The van der Waals surface area contributed by atoms with Crippen LogP contribution in [-0.4, -0.2) is 16.8 Å². The van der Waals surface area contributed by atoms with E-state index in [0.717, 1.165) is 30.5 Å². The number of fused-ring (bicyclic) bond motifs is 1.